The van der Waals surface area contributed by atoms with Crippen LogP contribution in [0.15, 0.2) is 54.6 Å². The number of carbonyl (C=O) groups is 2. The number of rotatable bonds is 3. The monoisotopic (exact) mass is 286 g/mol. The molecule has 0 fully saturated rings. The van der Waals surface area contributed by atoms with Crippen molar-refractivity contribution < 1.29 is 19.5 Å². The molecule has 0 atom stereocenters. The van der Waals surface area contributed by atoms with Crippen LogP contribution in [0.25, 0.3) is 0 Å². The van der Waals surface area contributed by atoms with Crippen LogP contribution in [0.3, 0.4) is 0 Å². The number of amides is 2. The molecule has 2 aromatic rings. The Labute approximate surface area is 121 Å². The molecule has 2 aromatic carbocycles. The fraction of sp³-hybridized carbons (Fsp3) is 0.0667. The normalized spacial score (nSPS) is 9.81. The second-order valence-electron chi connectivity index (χ2n) is 4.15. The lowest BCUT2D eigenvalue weighted by molar-refractivity contribution is 0.0600. The molecule has 6 heteroatoms. The van der Waals surface area contributed by atoms with E-state index in [1.165, 1.54) is 31.4 Å². The van der Waals surface area contributed by atoms with E-state index in [9.17, 15) is 14.8 Å². The van der Waals surface area contributed by atoms with Gasteiger partial charge in [-0.1, -0.05) is 18.2 Å². The van der Waals surface area contributed by atoms with E-state index in [-0.39, 0.29) is 5.69 Å². The summed E-state index contributed by atoms with van der Waals surface area (Å²) in [5.41, 5.74) is 1.13. The number of hydrogen-bond acceptors (Lipinski definition) is 4. The molecule has 2 amide bonds. The number of methoxy groups -OCH3 is 1. The summed E-state index contributed by atoms with van der Waals surface area (Å²) < 4.78 is 4.57. The van der Waals surface area contributed by atoms with Crippen LogP contribution in [0.2, 0.25) is 0 Å². The summed E-state index contributed by atoms with van der Waals surface area (Å²) in [5, 5.41) is 12.8. The highest BCUT2D eigenvalue weighted by atomic mass is 16.5. The van der Waals surface area contributed by atoms with Gasteiger partial charge in [0.15, 0.2) is 0 Å². The van der Waals surface area contributed by atoms with Crippen molar-refractivity contribution >= 4 is 23.4 Å². The van der Waals surface area contributed by atoms with Crippen LogP contribution in [0.4, 0.5) is 16.2 Å². The Kier molecular flexibility index (Phi) is 4.53. The Bertz CT molecular complexity index is 626. The smallest absolute Gasteiger partial charge is 0.350 e. The highest BCUT2D eigenvalue weighted by Crippen LogP contribution is 2.16. The Hall–Kier alpha value is -2.86. The number of nitrogens with one attached hydrogen (secondary N) is 1. The van der Waals surface area contributed by atoms with Gasteiger partial charge in [0, 0.05) is 5.69 Å². The number of para-hydroxylation sites is 1. The first-order valence-corrected chi connectivity index (χ1v) is 6.15. The number of anilines is 2. The lowest BCUT2D eigenvalue weighted by Gasteiger charge is -2.16. The summed E-state index contributed by atoms with van der Waals surface area (Å²) in [4.78, 5) is 23.2. The van der Waals surface area contributed by atoms with Crippen LogP contribution < -0.4 is 10.4 Å². The number of hydrogen-bond donors (Lipinski definition) is 2. The van der Waals surface area contributed by atoms with Crippen LogP contribution in [0.5, 0.6) is 0 Å². The molecule has 0 radical (unpaired) electrons. The third-order valence-electron chi connectivity index (χ3n) is 2.75. The van der Waals surface area contributed by atoms with E-state index >= 15 is 0 Å². The molecule has 2 rings (SSSR count). The summed E-state index contributed by atoms with van der Waals surface area (Å²) in [6, 6.07) is 13.8. The summed E-state index contributed by atoms with van der Waals surface area (Å²) in [5.74, 6) is -0.486. The minimum absolute atomic E-state index is 0.232. The molecule has 0 spiro atoms. The van der Waals surface area contributed by atoms with Gasteiger partial charge < -0.3 is 10.1 Å². The van der Waals surface area contributed by atoms with Gasteiger partial charge in [-0.2, -0.15) is 5.06 Å². The zero-order valence-electron chi connectivity index (χ0n) is 11.3. The minimum atomic E-state index is -0.702. The van der Waals surface area contributed by atoms with E-state index in [1.54, 1.807) is 24.3 Å². The molecule has 108 valence electrons. The third-order valence-corrected chi connectivity index (χ3v) is 2.75. The summed E-state index contributed by atoms with van der Waals surface area (Å²) >= 11 is 0. The van der Waals surface area contributed by atoms with Crippen LogP contribution >= 0.6 is 0 Å². The van der Waals surface area contributed by atoms with Gasteiger partial charge in [-0.15, -0.1) is 0 Å². The van der Waals surface area contributed by atoms with Crippen molar-refractivity contribution in [3.8, 4) is 0 Å². The zero-order valence-corrected chi connectivity index (χ0v) is 11.3. The van der Waals surface area contributed by atoms with Crippen molar-refractivity contribution in [2.75, 3.05) is 17.5 Å². The third kappa shape index (κ3) is 3.58. The fourth-order valence-corrected chi connectivity index (χ4v) is 1.67. The minimum Gasteiger partial charge on any atom is -0.465 e. The standard InChI is InChI=1S/C15H14N2O4/c1-21-14(18)11-7-9-13(10-8-11)17(20)15(19)16-12-5-3-2-4-6-12/h2-10,20H,1H3,(H,16,19). The van der Waals surface area contributed by atoms with Gasteiger partial charge in [-0.3, -0.25) is 5.21 Å². The first-order valence-electron chi connectivity index (χ1n) is 6.15. The van der Waals surface area contributed by atoms with Crippen molar-refractivity contribution in [1.29, 1.82) is 0 Å². The Morgan fingerprint density at radius 1 is 1.05 bits per heavy atom. The van der Waals surface area contributed by atoms with E-state index in [0.717, 1.165) is 0 Å². The molecular weight excluding hydrogens is 272 g/mol. The Morgan fingerprint density at radius 2 is 1.67 bits per heavy atom. The van der Waals surface area contributed by atoms with E-state index in [4.69, 9.17) is 0 Å². The quantitative estimate of drug-likeness (QED) is 0.516. The van der Waals surface area contributed by atoms with E-state index in [2.05, 4.69) is 10.1 Å². The predicted octanol–water partition coefficient (Wildman–Crippen LogP) is 2.90. The molecule has 0 aliphatic rings. The molecule has 0 saturated carbocycles. The molecule has 0 heterocycles. The summed E-state index contributed by atoms with van der Waals surface area (Å²) in [6.07, 6.45) is 0. The number of urea groups is 1. The molecule has 0 saturated heterocycles. The van der Waals surface area contributed by atoms with Crippen molar-refractivity contribution in [1.82, 2.24) is 0 Å². The highest BCUT2D eigenvalue weighted by Gasteiger charge is 2.14. The summed E-state index contributed by atoms with van der Waals surface area (Å²) in [6.45, 7) is 0. The largest absolute Gasteiger partial charge is 0.465 e. The van der Waals surface area contributed by atoms with Gasteiger partial charge in [0.1, 0.15) is 0 Å². The summed E-state index contributed by atoms with van der Waals surface area (Å²) in [7, 11) is 1.28. The first-order chi connectivity index (χ1) is 10.1. The zero-order chi connectivity index (χ0) is 15.2. The van der Waals surface area contributed by atoms with Crippen LogP contribution in [0, 0.1) is 0 Å². The van der Waals surface area contributed by atoms with Crippen molar-refractivity contribution in [3.63, 3.8) is 0 Å². The molecule has 0 aliphatic heterocycles. The SMILES string of the molecule is COC(=O)c1ccc(N(O)C(=O)Nc2ccccc2)cc1. The second-order valence-corrected chi connectivity index (χ2v) is 4.15. The molecule has 0 aliphatic carbocycles. The molecule has 0 unspecified atom stereocenters. The number of ether oxygens (including phenoxy) is 1. The van der Waals surface area contributed by atoms with Gasteiger partial charge in [-0.05, 0) is 36.4 Å². The van der Waals surface area contributed by atoms with Gasteiger partial charge in [0.2, 0.25) is 0 Å². The lowest BCUT2D eigenvalue weighted by atomic mass is 10.2. The highest BCUT2D eigenvalue weighted by molar-refractivity contribution is 6.00. The first kappa shape index (κ1) is 14.5. The van der Waals surface area contributed by atoms with Crippen molar-refractivity contribution in [2.45, 2.75) is 0 Å². The number of nitrogens with zero attached hydrogens (tertiary/aromatic N) is 1. The fourth-order valence-electron chi connectivity index (χ4n) is 1.67. The predicted molar refractivity (Wildman–Crippen MR) is 77.5 cm³/mol. The average molecular weight is 286 g/mol. The second kappa shape index (κ2) is 6.53. The van der Waals surface area contributed by atoms with Gasteiger partial charge in [-0.25, -0.2) is 9.59 Å². The maximum atomic E-state index is 11.9. The molecule has 0 aromatic heterocycles. The van der Waals surface area contributed by atoms with E-state index in [0.29, 0.717) is 16.3 Å². The maximum absolute atomic E-state index is 11.9. The van der Waals surface area contributed by atoms with E-state index in [1.807, 2.05) is 6.07 Å². The molecule has 0 bridgehead atoms. The molecular formula is C15H14N2O4. The number of esters is 1. The Balaban J connectivity index is 2.07. The lowest BCUT2D eigenvalue weighted by Crippen LogP contribution is -2.31. The van der Waals surface area contributed by atoms with E-state index < -0.39 is 12.0 Å². The molecule has 6 nitrogen and oxygen atoms in total. The average Bonchev–Trinajstić information content (AvgIpc) is 2.54. The Morgan fingerprint density at radius 3 is 2.24 bits per heavy atom. The number of carbonyl (C=O) groups excluding carboxylic acids is 2. The van der Waals surface area contributed by atoms with Gasteiger partial charge >= 0.3 is 12.0 Å². The molecule has 2 N–H and O–H groups in total. The van der Waals surface area contributed by atoms with Crippen molar-refractivity contribution in [3.05, 3.63) is 60.2 Å². The van der Waals surface area contributed by atoms with Crippen molar-refractivity contribution in [2.24, 2.45) is 0 Å². The number of benzene rings is 2. The number of hydroxylamine groups is 1. The topological polar surface area (TPSA) is 78.9 Å². The van der Waals surface area contributed by atoms with Crippen LogP contribution in [-0.4, -0.2) is 24.3 Å². The molecule has 21 heavy (non-hydrogen) atoms. The van der Waals surface area contributed by atoms with Crippen LogP contribution in [-0.2, 0) is 4.74 Å². The van der Waals surface area contributed by atoms with Crippen LogP contribution in [0.1, 0.15) is 10.4 Å². The van der Waals surface area contributed by atoms with Gasteiger partial charge in [0.25, 0.3) is 0 Å². The van der Waals surface area contributed by atoms with Gasteiger partial charge in [0.05, 0.1) is 18.4 Å². The maximum Gasteiger partial charge on any atom is 0.350 e.